The molecule has 2 rings (SSSR count). The Labute approximate surface area is 220 Å². The van der Waals surface area contributed by atoms with E-state index < -0.39 is 12.0 Å². The van der Waals surface area contributed by atoms with E-state index in [2.05, 4.69) is 69.1 Å². The minimum Gasteiger partial charge on any atom is -0.504 e. The number of rotatable bonds is 10. The maximum Gasteiger partial charge on any atom is 0.265 e. The molecule has 35 heavy (non-hydrogen) atoms. The first-order chi connectivity index (χ1) is 16.3. The van der Waals surface area contributed by atoms with Crippen molar-refractivity contribution in [2.45, 2.75) is 91.6 Å². The van der Waals surface area contributed by atoms with Crippen molar-refractivity contribution in [3.63, 3.8) is 0 Å². The van der Waals surface area contributed by atoms with E-state index in [9.17, 15) is 9.90 Å². The lowest BCUT2D eigenvalue weighted by Crippen LogP contribution is -2.33. The number of carbonyl (C=O) groups is 1. The molecule has 190 valence electrons. The van der Waals surface area contributed by atoms with Crippen LogP contribution in [0, 0.1) is 6.92 Å². The summed E-state index contributed by atoms with van der Waals surface area (Å²) in [6.45, 7) is 16.8. The first kappa shape index (κ1) is 28.8. The summed E-state index contributed by atoms with van der Waals surface area (Å²) in [5.74, 6) is 0.0690. The summed E-state index contributed by atoms with van der Waals surface area (Å²) < 4.78 is 6.31. The lowest BCUT2D eigenvalue weighted by Gasteiger charge is -2.31. The summed E-state index contributed by atoms with van der Waals surface area (Å²) in [5.41, 5.74) is 3.32. The molecule has 2 N–H and O–H groups in total. The van der Waals surface area contributed by atoms with E-state index in [1.165, 1.54) is 11.6 Å². The van der Waals surface area contributed by atoms with Gasteiger partial charge in [-0.25, -0.2) is 0 Å². The molecule has 7 heteroatoms. The van der Waals surface area contributed by atoms with E-state index in [4.69, 9.17) is 28.6 Å². The van der Waals surface area contributed by atoms with Crippen molar-refractivity contribution in [2.75, 3.05) is 5.32 Å². The molecule has 0 saturated heterocycles. The van der Waals surface area contributed by atoms with Crippen LogP contribution in [0.5, 0.6) is 11.5 Å². The van der Waals surface area contributed by atoms with Crippen molar-refractivity contribution in [3.05, 3.63) is 46.0 Å². The minimum atomic E-state index is -0.775. The molecule has 0 fully saturated rings. The Balaban J connectivity index is 2.44. The largest absolute Gasteiger partial charge is 0.504 e. The first-order valence-corrected chi connectivity index (χ1v) is 12.8. The molecule has 1 atom stereocenters. The Morgan fingerprint density at radius 1 is 1.17 bits per heavy atom. The fourth-order valence-electron chi connectivity index (χ4n) is 3.65. The van der Waals surface area contributed by atoms with Crippen LogP contribution in [0.25, 0.3) is 0 Å². The SMILES string of the molecule is CCC(Oc1ccc(C(C)(C)CC)cc1C(C)(C)CC)C(=O)Nc1cc(N=C=S)c(C)c(Cl)c1O. The number of ether oxygens (including phenoxy) is 1. The van der Waals surface area contributed by atoms with Gasteiger partial charge in [0.05, 0.1) is 21.6 Å². The van der Waals surface area contributed by atoms with Crippen LogP contribution in [-0.2, 0) is 15.6 Å². The third-order valence-electron chi connectivity index (χ3n) is 7.07. The second-order valence-corrected chi connectivity index (χ2v) is 10.7. The first-order valence-electron chi connectivity index (χ1n) is 12.0. The van der Waals surface area contributed by atoms with Crippen molar-refractivity contribution < 1.29 is 14.6 Å². The monoisotopic (exact) mass is 516 g/mol. The Kier molecular flexibility index (Phi) is 9.52. The van der Waals surface area contributed by atoms with Gasteiger partial charge in [0.1, 0.15) is 5.75 Å². The molecule has 0 aliphatic rings. The normalized spacial score (nSPS) is 12.6. The summed E-state index contributed by atoms with van der Waals surface area (Å²) in [7, 11) is 0. The predicted molar refractivity (Wildman–Crippen MR) is 149 cm³/mol. The average molecular weight is 517 g/mol. The number of isothiocyanates is 1. The predicted octanol–water partition coefficient (Wildman–Crippen LogP) is 8.26. The van der Waals surface area contributed by atoms with Crippen molar-refractivity contribution in [3.8, 4) is 11.5 Å². The van der Waals surface area contributed by atoms with E-state index >= 15 is 0 Å². The van der Waals surface area contributed by atoms with E-state index in [1.807, 2.05) is 13.0 Å². The number of aliphatic imine (C=N–C) groups is 1. The third kappa shape index (κ3) is 6.43. The van der Waals surface area contributed by atoms with Crippen LogP contribution >= 0.6 is 23.8 Å². The van der Waals surface area contributed by atoms with Gasteiger partial charge in [-0.15, -0.1) is 0 Å². The Morgan fingerprint density at radius 2 is 1.80 bits per heavy atom. The molecule has 1 amide bonds. The quantitative estimate of drug-likeness (QED) is 0.189. The number of aromatic hydroxyl groups is 1. The number of carbonyl (C=O) groups excluding carboxylic acids is 1. The smallest absolute Gasteiger partial charge is 0.265 e. The highest BCUT2D eigenvalue weighted by Crippen LogP contribution is 2.41. The molecule has 0 heterocycles. The number of nitrogens with zero attached hydrogens (tertiary/aromatic N) is 1. The van der Waals surface area contributed by atoms with Crippen LogP contribution in [0.2, 0.25) is 5.02 Å². The van der Waals surface area contributed by atoms with Gasteiger partial charge in [-0.1, -0.05) is 72.2 Å². The number of phenols is 1. The van der Waals surface area contributed by atoms with Gasteiger partial charge >= 0.3 is 0 Å². The second-order valence-electron chi connectivity index (χ2n) is 10.1. The van der Waals surface area contributed by atoms with Crippen molar-refractivity contribution in [1.82, 2.24) is 0 Å². The molecule has 0 aliphatic heterocycles. The van der Waals surface area contributed by atoms with Gasteiger partial charge in [0, 0.05) is 5.56 Å². The Hall–Kier alpha value is -2.40. The van der Waals surface area contributed by atoms with Crippen LogP contribution in [-0.4, -0.2) is 22.3 Å². The van der Waals surface area contributed by atoms with Gasteiger partial charge < -0.3 is 15.2 Å². The summed E-state index contributed by atoms with van der Waals surface area (Å²) in [6.07, 6.45) is 1.59. The second kappa shape index (κ2) is 11.6. The third-order valence-corrected chi connectivity index (χ3v) is 7.63. The minimum absolute atomic E-state index is 0.0313. The number of nitrogens with one attached hydrogen (secondary N) is 1. The number of phenolic OH excluding ortho intramolecular Hbond substituents is 1. The highest BCUT2D eigenvalue weighted by atomic mass is 35.5. The Bertz CT molecular complexity index is 1140. The number of amides is 1. The molecule has 1 unspecified atom stereocenters. The van der Waals surface area contributed by atoms with Gasteiger partial charge in [-0.2, -0.15) is 4.99 Å². The molecule has 0 aromatic heterocycles. The fourth-order valence-corrected chi connectivity index (χ4v) is 3.95. The summed E-state index contributed by atoms with van der Waals surface area (Å²) in [6, 6.07) is 7.80. The van der Waals surface area contributed by atoms with Crippen LogP contribution in [0.3, 0.4) is 0 Å². The number of hydrogen-bond donors (Lipinski definition) is 2. The van der Waals surface area contributed by atoms with Crippen molar-refractivity contribution >= 4 is 46.3 Å². The van der Waals surface area contributed by atoms with E-state index in [0.717, 1.165) is 18.4 Å². The molecule has 2 aromatic rings. The molecule has 0 spiro atoms. The summed E-state index contributed by atoms with van der Waals surface area (Å²) in [4.78, 5) is 17.2. The molecule has 0 aliphatic carbocycles. The zero-order valence-electron chi connectivity index (χ0n) is 22.0. The zero-order chi connectivity index (χ0) is 26.6. The van der Waals surface area contributed by atoms with Crippen LogP contribution in [0.1, 0.15) is 84.4 Å². The maximum absolute atomic E-state index is 13.2. The van der Waals surface area contributed by atoms with Crippen molar-refractivity contribution in [2.24, 2.45) is 4.99 Å². The fraction of sp³-hybridized carbons (Fsp3) is 0.500. The highest BCUT2D eigenvalue weighted by Gasteiger charge is 2.29. The Morgan fingerprint density at radius 3 is 2.34 bits per heavy atom. The number of benzene rings is 2. The van der Waals surface area contributed by atoms with Gasteiger partial charge in [-0.3, -0.25) is 4.79 Å². The van der Waals surface area contributed by atoms with Gasteiger partial charge in [0.25, 0.3) is 5.91 Å². The van der Waals surface area contributed by atoms with Crippen LogP contribution < -0.4 is 10.1 Å². The molecular weight excluding hydrogens is 480 g/mol. The van der Waals surface area contributed by atoms with Gasteiger partial charge in [-0.05, 0) is 72.5 Å². The molecule has 0 radical (unpaired) electrons. The van der Waals surface area contributed by atoms with Crippen LogP contribution in [0.4, 0.5) is 11.4 Å². The molecule has 0 bridgehead atoms. The number of halogens is 1. The van der Waals surface area contributed by atoms with Crippen molar-refractivity contribution in [1.29, 1.82) is 0 Å². The molecule has 2 aromatic carbocycles. The lowest BCUT2D eigenvalue weighted by molar-refractivity contribution is -0.122. The average Bonchev–Trinajstić information content (AvgIpc) is 2.83. The molecule has 5 nitrogen and oxygen atoms in total. The molecule has 0 saturated carbocycles. The number of hydrogen-bond acceptors (Lipinski definition) is 5. The van der Waals surface area contributed by atoms with Gasteiger partial charge in [0.2, 0.25) is 0 Å². The highest BCUT2D eigenvalue weighted by molar-refractivity contribution is 7.78. The van der Waals surface area contributed by atoms with E-state index in [-0.39, 0.29) is 27.3 Å². The topological polar surface area (TPSA) is 70.9 Å². The molecular formula is C28H37ClN2O3S. The van der Waals surface area contributed by atoms with Gasteiger partial charge in [0.15, 0.2) is 11.9 Å². The number of anilines is 1. The standard InChI is InChI=1S/C28H37ClN2O3S/c1-9-22(26(33)31-21-15-20(30-16-35)17(4)24(29)25(21)32)34-23-13-12-18(27(5,6)10-2)14-19(23)28(7,8)11-3/h12-15,22,32H,9-11H2,1-8H3,(H,31,33). The van der Waals surface area contributed by atoms with Crippen LogP contribution in [0.15, 0.2) is 29.3 Å². The van der Waals surface area contributed by atoms with E-state index in [1.54, 1.807) is 6.92 Å². The van der Waals surface area contributed by atoms with E-state index in [0.29, 0.717) is 23.4 Å². The maximum atomic E-state index is 13.2. The summed E-state index contributed by atoms with van der Waals surface area (Å²) in [5, 5.41) is 15.6. The zero-order valence-corrected chi connectivity index (χ0v) is 23.6. The lowest BCUT2D eigenvalue weighted by atomic mass is 9.76. The summed E-state index contributed by atoms with van der Waals surface area (Å²) >= 11 is 10.9. The number of thiocarbonyl (C=S) groups is 1.